The summed E-state index contributed by atoms with van der Waals surface area (Å²) in [4.78, 5) is 0. The van der Waals surface area contributed by atoms with Crippen LogP contribution in [0.3, 0.4) is 0 Å². The molecule has 0 N–H and O–H groups in total. The van der Waals surface area contributed by atoms with Gasteiger partial charge in [0.1, 0.15) is 0 Å². The number of nitrogens with zero attached hydrogens (tertiary/aromatic N) is 2. The first-order chi connectivity index (χ1) is 4.75. The van der Waals surface area contributed by atoms with Crippen molar-refractivity contribution in [3.05, 3.63) is 0 Å². The van der Waals surface area contributed by atoms with E-state index < -0.39 is 0 Å². The summed E-state index contributed by atoms with van der Waals surface area (Å²) >= 11 is 4.90. The van der Waals surface area contributed by atoms with Crippen LogP contribution < -0.4 is 0 Å². The normalized spacial score (nSPS) is 42.6. The minimum atomic E-state index is 0.844. The first kappa shape index (κ1) is 8.00. The molecule has 0 aromatic rings. The van der Waals surface area contributed by atoms with Gasteiger partial charge in [-0.05, 0) is 12.3 Å². The van der Waals surface area contributed by atoms with Crippen molar-refractivity contribution >= 4 is 45.7 Å². The SMILES string of the molecule is IN1CC2CC(C1)N(I)C2. The number of piperidine rings is 1. The molecule has 0 aromatic carbocycles. The zero-order chi connectivity index (χ0) is 7.14. The summed E-state index contributed by atoms with van der Waals surface area (Å²) in [6, 6.07) is 0.844. The smallest absolute Gasteiger partial charge is 0.0333 e. The van der Waals surface area contributed by atoms with E-state index in [0.717, 1.165) is 12.0 Å². The minimum Gasteiger partial charge on any atom is -0.246 e. The van der Waals surface area contributed by atoms with Crippen LogP contribution in [-0.2, 0) is 0 Å². The van der Waals surface area contributed by atoms with Crippen LogP contribution in [-0.4, -0.2) is 31.9 Å². The average molecular weight is 364 g/mol. The van der Waals surface area contributed by atoms with E-state index in [1.165, 1.54) is 26.1 Å². The summed E-state index contributed by atoms with van der Waals surface area (Å²) < 4.78 is 4.90. The quantitative estimate of drug-likeness (QED) is 0.477. The van der Waals surface area contributed by atoms with Gasteiger partial charge in [-0.15, -0.1) is 0 Å². The molecular weight excluding hydrogens is 354 g/mol. The second-order valence-corrected chi connectivity index (χ2v) is 5.77. The molecule has 2 nitrogen and oxygen atoms in total. The maximum Gasteiger partial charge on any atom is 0.0333 e. The van der Waals surface area contributed by atoms with E-state index in [9.17, 15) is 0 Å². The zero-order valence-electron chi connectivity index (χ0n) is 5.63. The summed E-state index contributed by atoms with van der Waals surface area (Å²) in [5.74, 6) is 0.951. The molecule has 0 saturated carbocycles. The van der Waals surface area contributed by atoms with Crippen molar-refractivity contribution in [3.8, 4) is 0 Å². The molecule has 0 spiro atoms. The van der Waals surface area contributed by atoms with Crippen LogP contribution in [0.2, 0.25) is 0 Å². The molecule has 0 aliphatic carbocycles. The molecule has 58 valence electrons. The number of hydrogen-bond donors (Lipinski definition) is 0. The lowest BCUT2D eigenvalue weighted by atomic mass is 10.0. The van der Waals surface area contributed by atoms with E-state index >= 15 is 0 Å². The minimum absolute atomic E-state index is 0.844. The largest absolute Gasteiger partial charge is 0.246 e. The maximum absolute atomic E-state index is 2.47. The fourth-order valence-electron chi connectivity index (χ4n) is 1.85. The Morgan fingerprint density at radius 2 is 1.90 bits per heavy atom. The molecule has 2 fully saturated rings. The van der Waals surface area contributed by atoms with E-state index in [4.69, 9.17) is 0 Å². The Labute approximate surface area is 89.3 Å². The van der Waals surface area contributed by atoms with Crippen LogP contribution in [0.25, 0.3) is 0 Å². The first-order valence-corrected chi connectivity index (χ1v) is 5.52. The molecule has 2 atom stereocenters. The molecule has 10 heavy (non-hydrogen) atoms. The van der Waals surface area contributed by atoms with Gasteiger partial charge in [-0.2, -0.15) is 0 Å². The molecule has 2 saturated heterocycles. The third-order valence-corrected chi connectivity index (χ3v) is 4.27. The lowest BCUT2D eigenvalue weighted by molar-refractivity contribution is 0.326. The molecule has 0 radical (unpaired) electrons. The van der Waals surface area contributed by atoms with E-state index in [2.05, 4.69) is 52.0 Å². The highest BCUT2D eigenvalue weighted by molar-refractivity contribution is 14.1. The maximum atomic E-state index is 2.47. The molecule has 2 unspecified atom stereocenters. The summed E-state index contributed by atoms with van der Waals surface area (Å²) in [6.45, 7) is 3.88. The molecular formula is C6H10I2N2. The third kappa shape index (κ3) is 1.44. The second kappa shape index (κ2) is 3.02. The van der Waals surface area contributed by atoms with Gasteiger partial charge in [0.25, 0.3) is 0 Å². The molecule has 2 bridgehead atoms. The van der Waals surface area contributed by atoms with Gasteiger partial charge in [-0.3, -0.25) is 0 Å². The van der Waals surface area contributed by atoms with Crippen LogP contribution in [0.15, 0.2) is 0 Å². The van der Waals surface area contributed by atoms with Crippen LogP contribution >= 0.6 is 45.7 Å². The lowest BCUT2D eigenvalue weighted by Gasteiger charge is -2.26. The van der Waals surface area contributed by atoms with E-state index in [0.29, 0.717) is 0 Å². The predicted octanol–water partition coefficient (Wildman–Crippen LogP) is 1.69. The molecule has 2 aliphatic rings. The van der Waals surface area contributed by atoms with Crippen LogP contribution in [0.1, 0.15) is 6.42 Å². The van der Waals surface area contributed by atoms with Crippen LogP contribution in [0.5, 0.6) is 0 Å². The van der Waals surface area contributed by atoms with Crippen LogP contribution in [0, 0.1) is 5.92 Å². The number of fused-ring (bicyclic) bond motifs is 2. The lowest BCUT2D eigenvalue weighted by Crippen LogP contribution is -2.34. The number of halogens is 2. The van der Waals surface area contributed by atoms with Gasteiger partial charge >= 0.3 is 0 Å². The van der Waals surface area contributed by atoms with E-state index in [-0.39, 0.29) is 0 Å². The molecule has 2 aliphatic heterocycles. The van der Waals surface area contributed by atoms with Gasteiger partial charge in [0.05, 0.1) is 0 Å². The van der Waals surface area contributed by atoms with Gasteiger partial charge in [-0.1, -0.05) is 0 Å². The Balaban J connectivity index is 2.06. The van der Waals surface area contributed by atoms with Gasteiger partial charge in [0, 0.05) is 71.4 Å². The Kier molecular flexibility index (Phi) is 2.42. The van der Waals surface area contributed by atoms with Crippen molar-refractivity contribution in [2.45, 2.75) is 12.5 Å². The van der Waals surface area contributed by atoms with Crippen molar-refractivity contribution in [1.82, 2.24) is 6.23 Å². The van der Waals surface area contributed by atoms with Crippen molar-refractivity contribution < 1.29 is 0 Å². The standard InChI is InChI=1S/C6H10I2N2/c7-9-2-5-1-6(4-9)10(8)3-5/h5-6H,1-4H2. The zero-order valence-corrected chi connectivity index (χ0v) is 9.95. The highest BCUT2D eigenvalue weighted by Gasteiger charge is 2.36. The number of rotatable bonds is 0. The Bertz CT molecular complexity index is 137. The fraction of sp³-hybridized carbons (Fsp3) is 1.00. The Morgan fingerprint density at radius 1 is 1.10 bits per heavy atom. The molecule has 2 heterocycles. The molecule has 0 aromatic heterocycles. The predicted molar refractivity (Wildman–Crippen MR) is 58.2 cm³/mol. The first-order valence-electron chi connectivity index (χ1n) is 3.59. The molecule has 2 rings (SSSR count). The summed E-state index contributed by atoms with van der Waals surface area (Å²) in [5.41, 5.74) is 0. The molecule has 0 amide bonds. The van der Waals surface area contributed by atoms with Crippen molar-refractivity contribution in [3.63, 3.8) is 0 Å². The van der Waals surface area contributed by atoms with Gasteiger partial charge in [-0.25, -0.2) is 6.23 Å². The van der Waals surface area contributed by atoms with Gasteiger partial charge in [0.2, 0.25) is 0 Å². The topological polar surface area (TPSA) is 6.48 Å². The highest BCUT2D eigenvalue weighted by Crippen LogP contribution is 2.32. The Hall–Kier alpha value is 1.38. The number of hydrogen-bond acceptors (Lipinski definition) is 2. The van der Waals surface area contributed by atoms with E-state index in [1.54, 1.807) is 0 Å². The summed E-state index contributed by atoms with van der Waals surface area (Å²) in [5, 5.41) is 0. The van der Waals surface area contributed by atoms with Gasteiger partial charge in [0.15, 0.2) is 0 Å². The third-order valence-electron chi connectivity index (χ3n) is 2.30. The monoisotopic (exact) mass is 364 g/mol. The summed E-state index contributed by atoms with van der Waals surface area (Å²) in [7, 11) is 0. The van der Waals surface area contributed by atoms with Gasteiger partial charge < -0.3 is 0 Å². The van der Waals surface area contributed by atoms with Crippen molar-refractivity contribution in [2.75, 3.05) is 19.6 Å². The fourth-order valence-corrected chi connectivity index (χ4v) is 3.82. The second-order valence-electron chi connectivity index (χ2n) is 3.17. The van der Waals surface area contributed by atoms with Crippen molar-refractivity contribution in [1.29, 1.82) is 0 Å². The summed E-state index contributed by atoms with van der Waals surface area (Å²) in [6.07, 6.45) is 1.43. The molecule has 4 heteroatoms. The highest BCUT2D eigenvalue weighted by atomic mass is 127. The van der Waals surface area contributed by atoms with E-state index in [1.807, 2.05) is 0 Å². The Morgan fingerprint density at radius 3 is 2.60 bits per heavy atom. The van der Waals surface area contributed by atoms with Crippen molar-refractivity contribution in [2.24, 2.45) is 5.92 Å². The van der Waals surface area contributed by atoms with Crippen LogP contribution in [0.4, 0.5) is 0 Å². The average Bonchev–Trinajstić information content (AvgIpc) is 2.07.